The van der Waals surface area contributed by atoms with Crippen molar-refractivity contribution in [2.45, 2.75) is 32.9 Å². The molecule has 0 radical (unpaired) electrons. The summed E-state index contributed by atoms with van der Waals surface area (Å²) in [5, 5.41) is 12.6. The molecule has 196 valence electrons. The number of rotatable bonds is 11. The van der Waals surface area contributed by atoms with Crippen molar-refractivity contribution < 1.29 is 23.5 Å². The van der Waals surface area contributed by atoms with Crippen molar-refractivity contribution >= 4 is 17.5 Å². The molecule has 38 heavy (non-hydrogen) atoms. The molecule has 8 nitrogen and oxygen atoms in total. The number of aryl methyl sites for hydroxylation is 2. The molecule has 4 aromatic rings. The molecule has 2 amide bonds. The van der Waals surface area contributed by atoms with Gasteiger partial charge in [-0.15, -0.1) is 0 Å². The standard InChI is InChI=1S/C29H29FN4O4/c1-19-26(20(2)34-33-19)16-28(35)32-27(18-37-17-21-6-4-3-5-7-21)29(36)31-23-10-14-25(15-11-23)38-24-12-8-22(30)9-13-24/h3-15,27H,16-18H2,1-2H3,(H,31,36)(H,32,35)(H,33,34)/t27-/m0/s1. The molecule has 0 aliphatic carbocycles. The lowest BCUT2D eigenvalue weighted by atomic mass is 10.1. The van der Waals surface area contributed by atoms with Crippen LogP contribution in [-0.4, -0.2) is 34.7 Å². The van der Waals surface area contributed by atoms with E-state index in [1.165, 1.54) is 24.3 Å². The fourth-order valence-electron chi connectivity index (χ4n) is 3.77. The Hall–Kier alpha value is -4.50. The van der Waals surface area contributed by atoms with Gasteiger partial charge in [-0.2, -0.15) is 5.10 Å². The summed E-state index contributed by atoms with van der Waals surface area (Å²) < 4.78 is 24.6. The van der Waals surface area contributed by atoms with Crippen molar-refractivity contribution in [2.75, 3.05) is 11.9 Å². The van der Waals surface area contributed by atoms with E-state index in [1.54, 1.807) is 24.3 Å². The van der Waals surface area contributed by atoms with Crippen molar-refractivity contribution in [2.24, 2.45) is 0 Å². The van der Waals surface area contributed by atoms with Gasteiger partial charge in [-0.05, 0) is 67.9 Å². The molecule has 0 saturated carbocycles. The maximum atomic E-state index is 13.1. The number of benzene rings is 3. The third-order valence-corrected chi connectivity index (χ3v) is 5.84. The van der Waals surface area contributed by atoms with E-state index < -0.39 is 11.9 Å². The molecule has 1 aromatic heterocycles. The summed E-state index contributed by atoms with van der Waals surface area (Å²) in [6.07, 6.45) is 0.0893. The Morgan fingerprint density at radius 2 is 1.61 bits per heavy atom. The van der Waals surface area contributed by atoms with Gasteiger partial charge in [-0.3, -0.25) is 14.7 Å². The number of hydrogen-bond acceptors (Lipinski definition) is 5. The number of carbonyl (C=O) groups is 2. The Kier molecular flexibility index (Phi) is 8.84. The number of halogens is 1. The van der Waals surface area contributed by atoms with Gasteiger partial charge in [-0.25, -0.2) is 4.39 Å². The second-order valence-electron chi connectivity index (χ2n) is 8.78. The number of anilines is 1. The number of H-pyrrole nitrogens is 1. The van der Waals surface area contributed by atoms with Gasteiger partial charge in [0.05, 0.1) is 25.3 Å². The van der Waals surface area contributed by atoms with E-state index in [-0.39, 0.29) is 24.8 Å². The smallest absolute Gasteiger partial charge is 0.249 e. The van der Waals surface area contributed by atoms with Gasteiger partial charge in [-0.1, -0.05) is 30.3 Å². The van der Waals surface area contributed by atoms with Gasteiger partial charge in [0.15, 0.2) is 0 Å². The van der Waals surface area contributed by atoms with Crippen LogP contribution in [0.4, 0.5) is 10.1 Å². The van der Waals surface area contributed by atoms with E-state index in [2.05, 4.69) is 20.8 Å². The summed E-state index contributed by atoms with van der Waals surface area (Å²) in [7, 11) is 0. The van der Waals surface area contributed by atoms with Gasteiger partial charge in [0.25, 0.3) is 0 Å². The molecule has 1 atom stereocenters. The Balaban J connectivity index is 1.39. The number of aromatic nitrogens is 2. The van der Waals surface area contributed by atoms with Crippen LogP contribution in [0.1, 0.15) is 22.5 Å². The highest BCUT2D eigenvalue weighted by molar-refractivity contribution is 5.97. The first-order valence-electron chi connectivity index (χ1n) is 12.1. The topological polar surface area (TPSA) is 105 Å². The lowest BCUT2D eigenvalue weighted by molar-refractivity contribution is -0.127. The van der Waals surface area contributed by atoms with Crippen LogP contribution in [0, 0.1) is 19.7 Å². The van der Waals surface area contributed by atoms with E-state index in [9.17, 15) is 14.0 Å². The number of aromatic amines is 1. The molecule has 0 aliphatic rings. The van der Waals surface area contributed by atoms with E-state index >= 15 is 0 Å². The highest BCUT2D eigenvalue weighted by Crippen LogP contribution is 2.23. The number of ether oxygens (including phenoxy) is 2. The van der Waals surface area contributed by atoms with Gasteiger partial charge in [0.1, 0.15) is 23.4 Å². The lowest BCUT2D eigenvalue weighted by Crippen LogP contribution is -2.47. The molecule has 0 unspecified atom stereocenters. The maximum absolute atomic E-state index is 13.1. The first-order chi connectivity index (χ1) is 18.4. The van der Waals surface area contributed by atoms with Crippen LogP contribution in [0.15, 0.2) is 78.9 Å². The molecule has 3 N–H and O–H groups in total. The predicted molar refractivity (Wildman–Crippen MR) is 141 cm³/mol. The molecule has 1 heterocycles. The maximum Gasteiger partial charge on any atom is 0.249 e. The molecule has 3 aromatic carbocycles. The summed E-state index contributed by atoms with van der Waals surface area (Å²) >= 11 is 0. The average molecular weight is 517 g/mol. The van der Waals surface area contributed by atoms with E-state index in [0.717, 1.165) is 22.5 Å². The summed E-state index contributed by atoms with van der Waals surface area (Å²) in [5.74, 6) is -0.0654. The van der Waals surface area contributed by atoms with Crippen LogP contribution in [-0.2, 0) is 27.4 Å². The summed E-state index contributed by atoms with van der Waals surface area (Å²) in [6, 6.07) is 21.1. The van der Waals surface area contributed by atoms with Crippen LogP contribution in [0.25, 0.3) is 0 Å². The molecule has 0 bridgehead atoms. The molecule has 0 fully saturated rings. The fraction of sp³-hybridized carbons (Fsp3) is 0.207. The second kappa shape index (κ2) is 12.6. The molecule has 4 rings (SSSR count). The minimum atomic E-state index is -0.922. The molecule has 9 heteroatoms. The van der Waals surface area contributed by atoms with E-state index in [0.29, 0.717) is 23.8 Å². The van der Waals surface area contributed by atoms with Crippen LogP contribution < -0.4 is 15.4 Å². The summed E-state index contributed by atoms with van der Waals surface area (Å²) in [4.78, 5) is 26.0. The zero-order chi connectivity index (χ0) is 26.9. The molecular weight excluding hydrogens is 487 g/mol. The van der Waals surface area contributed by atoms with Crippen molar-refractivity contribution in [3.05, 3.63) is 107 Å². The average Bonchev–Trinajstić information content (AvgIpc) is 3.23. The van der Waals surface area contributed by atoms with Crippen molar-refractivity contribution in [3.63, 3.8) is 0 Å². The largest absolute Gasteiger partial charge is 0.457 e. The van der Waals surface area contributed by atoms with Gasteiger partial charge >= 0.3 is 0 Å². The van der Waals surface area contributed by atoms with Crippen molar-refractivity contribution in [1.29, 1.82) is 0 Å². The molecule has 0 spiro atoms. The number of nitrogens with zero attached hydrogens (tertiary/aromatic N) is 1. The van der Waals surface area contributed by atoms with Gasteiger partial charge in [0, 0.05) is 16.9 Å². The number of hydrogen-bond donors (Lipinski definition) is 3. The Morgan fingerprint density at radius 1 is 0.947 bits per heavy atom. The zero-order valence-corrected chi connectivity index (χ0v) is 21.2. The Morgan fingerprint density at radius 3 is 2.24 bits per heavy atom. The van der Waals surface area contributed by atoms with Gasteiger partial charge < -0.3 is 20.1 Å². The normalized spacial score (nSPS) is 11.6. The predicted octanol–water partition coefficient (Wildman–Crippen LogP) is 4.84. The minimum absolute atomic E-state index is 0.0123. The molecule has 0 aliphatic heterocycles. The number of amides is 2. The van der Waals surface area contributed by atoms with Crippen LogP contribution in [0.2, 0.25) is 0 Å². The Bertz CT molecular complexity index is 1340. The number of nitrogens with one attached hydrogen (secondary N) is 3. The monoisotopic (exact) mass is 516 g/mol. The zero-order valence-electron chi connectivity index (χ0n) is 21.2. The highest BCUT2D eigenvalue weighted by Gasteiger charge is 2.23. The summed E-state index contributed by atoms with van der Waals surface area (Å²) in [5.41, 5.74) is 3.82. The lowest BCUT2D eigenvalue weighted by Gasteiger charge is -2.19. The number of carbonyl (C=O) groups excluding carboxylic acids is 2. The minimum Gasteiger partial charge on any atom is -0.457 e. The molecular formula is C29H29FN4O4. The quantitative estimate of drug-likeness (QED) is 0.265. The molecule has 0 saturated heterocycles. The second-order valence-corrected chi connectivity index (χ2v) is 8.78. The van der Waals surface area contributed by atoms with E-state index in [4.69, 9.17) is 9.47 Å². The third-order valence-electron chi connectivity index (χ3n) is 5.84. The van der Waals surface area contributed by atoms with Crippen LogP contribution in [0.3, 0.4) is 0 Å². The van der Waals surface area contributed by atoms with E-state index in [1.807, 2.05) is 44.2 Å². The van der Waals surface area contributed by atoms with Crippen LogP contribution >= 0.6 is 0 Å². The van der Waals surface area contributed by atoms with Crippen LogP contribution in [0.5, 0.6) is 11.5 Å². The first-order valence-corrected chi connectivity index (χ1v) is 12.1. The third kappa shape index (κ3) is 7.50. The highest BCUT2D eigenvalue weighted by atomic mass is 19.1. The summed E-state index contributed by atoms with van der Waals surface area (Å²) in [6.45, 7) is 3.96. The Labute approximate surface area is 220 Å². The van der Waals surface area contributed by atoms with Crippen molar-refractivity contribution in [1.82, 2.24) is 15.5 Å². The SMILES string of the molecule is Cc1n[nH]c(C)c1CC(=O)N[C@@H](COCc1ccccc1)C(=O)Nc1ccc(Oc2ccc(F)cc2)cc1. The van der Waals surface area contributed by atoms with Gasteiger partial charge in [0.2, 0.25) is 11.8 Å². The fourth-order valence-corrected chi connectivity index (χ4v) is 3.77. The van der Waals surface area contributed by atoms with Crippen molar-refractivity contribution in [3.8, 4) is 11.5 Å². The first kappa shape index (κ1) is 26.6.